The van der Waals surface area contributed by atoms with Crippen LogP contribution in [-0.2, 0) is 0 Å². The van der Waals surface area contributed by atoms with E-state index in [0.29, 0.717) is 29.5 Å². The first-order chi connectivity index (χ1) is 7.24. The van der Waals surface area contributed by atoms with Gasteiger partial charge in [0.1, 0.15) is 5.75 Å². The summed E-state index contributed by atoms with van der Waals surface area (Å²) in [6.45, 7) is 4.58. The molecule has 3 N–H and O–H groups in total. The number of rotatable bonds is 4. The molecule has 15 heavy (non-hydrogen) atoms. The molecule has 0 radical (unpaired) electrons. The molecule has 0 aromatic heterocycles. The fourth-order valence-corrected chi connectivity index (χ4v) is 1.08. The summed E-state index contributed by atoms with van der Waals surface area (Å²) in [5.74, 6) is 0.609. The van der Waals surface area contributed by atoms with Crippen molar-refractivity contribution in [1.29, 1.82) is 0 Å². The SMILES string of the molecule is CC.Nc1cc(Cl)ccc1OCCCO. The third-order valence-corrected chi connectivity index (χ3v) is 1.77. The van der Waals surface area contributed by atoms with Gasteiger partial charge in [0.2, 0.25) is 0 Å². The molecule has 0 atom stereocenters. The van der Waals surface area contributed by atoms with Crippen LogP contribution in [0.25, 0.3) is 0 Å². The Morgan fingerprint density at radius 1 is 1.40 bits per heavy atom. The van der Waals surface area contributed by atoms with Crippen LogP contribution < -0.4 is 10.5 Å². The van der Waals surface area contributed by atoms with Crippen LogP contribution in [0.5, 0.6) is 5.75 Å². The number of anilines is 1. The highest BCUT2D eigenvalue weighted by Gasteiger charge is 1.99. The van der Waals surface area contributed by atoms with Gasteiger partial charge in [-0.25, -0.2) is 0 Å². The smallest absolute Gasteiger partial charge is 0.142 e. The zero-order valence-corrected chi connectivity index (χ0v) is 9.92. The van der Waals surface area contributed by atoms with Crippen LogP contribution in [0.3, 0.4) is 0 Å². The van der Waals surface area contributed by atoms with Crippen LogP contribution in [-0.4, -0.2) is 18.3 Å². The van der Waals surface area contributed by atoms with Gasteiger partial charge in [0.05, 0.1) is 12.3 Å². The lowest BCUT2D eigenvalue weighted by atomic mass is 10.3. The number of aliphatic hydroxyl groups excluding tert-OH is 1. The lowest BCUT2D eigenvalue weighted by molar-refractivity contribution is 0.234. The summed E-state index contributed by atoms with van der Waals surface area (Å²) >= 11 is 5.70. The van der Waals surface area contributed by atoms with Gasteiger partial charge >= 0.3 is 0 Å². The van der Waals surface area contributed by atoms with Crippen molar-refractivity contribution < 1.29 is 9.84 Å². The van der Waals surface area contributed by atoms with Crippen molar-refractivity contribution in [2.24, 2.45) is 0 Å². The lowest BCUT2D eigenvalue weighted by Gasteiger charge is -2.07. The molecule has 0 bridgehead atoms. The van der Waals surface area contributed by atoms with Gasteiger partial charge in [-0.1, -0.05) is 25.4 Å². The summed E-state index contributed by atoms with van der Waals surface area (Å²) in [5, 5.41) is 9.12. The van der Waals surface area contributed by atoms with Gasteiger partial charge in [-0.15, -0.1) is 0 Å². The number of halogens is 1. The second-order valence-electron chi connectivity index (χ2n) is 2.61. The van der Waals surface area contributed by atoms with Crippen LogP contribution in [0.4, 0.5) is 5.69 Å². The van der Waals surface area contributed by atoms with E-state index in [1.165, 1.54) is 0 Å². The zero-order valence-electron chi connectivity index (χ0n) is 9.16. The number of nitrogens with two attached hydrogens (primary N) is 1. The highest BCUT2D eigenvalue weighted by molar-refractivity contribution is 6.30. The van der Waals surface area contributed by atoms with Crippen LogP contribution in [0, 0.1) is 0 Å². The van der Waals surface area contributed by atoms with Gasteiger partial charge in [0.25, 0.3) is 0 Å². The van der Waals surface area contributed by atoms with Crippen molar-refractivity contribution in [3.05, 3.63) is 23.2 Å². The van der Waals surface area contributed by atoms with E-state index in [1.54, 1.807) is 18.2 Å². The van der Waals surface area contributed by atoms with E-state index in [9.17, 15) is 0 Å². The van der Waals surface area contributed by atoms with Crippen LogP contribution >= 0.6 is 11.6 Å². The molecule has 1 aromatic carbocycles. The molecule has 0 fully saturated rings. The predicted octanol–water partition coefficient (Wildman–Crippen LogP) is 2.71. The van der Waals surface area contributed by atoms with E-state index >= 15 is 0 Å². The molecule has 0 unspecified atom stereocenters. The topological polar surface area (TPSA) is 55.5 Å². The molecular formula is C11H18ClNO2. The average Bonchev–Trinajstić information content (AvgIpc) is 2.24. The molecule has 0 saturated carbocycles. The van der Waals surface area contributed by atoms with E-state index in [4.69, 9.17) is 27.2 Å². The third-order valence-electron chi connectivity index (χ3n) is 1.53. The number of nitrogen functional groups attached to an aromatic ring is 1. The van der Waals surface area contributed by atoms with Crippen molar-refractivity contribution >= 4 is 17.3 Å². The number of benzene rings is 1. The van der Waals surface area contributed by atoms with E-state index in [0.717, 1.165) is 0 Å². The van der Waals surface area contributed by atoms with Gasteiger partial charge in [-0.05, 0) is 18.2 Å². The standard InChI is InChI=1S/C9H12ClNO2.C2H6/c10-7-2-3-9(8(11)6-7)13-5-1-4-12;1-2/h2-3,6,12H,1,4-5,11H2;1-2H3. The van der Waals surface area contributed by atoms with Crippen LogP contribution in [0.1, 0.15) is 20.3 Å². The monoisotopic (exact) mass is 231 g/mol. The fraction of sp³-hybridized carbons (Fsp3) is 0.455. The normalized spacial score (nSPS) is 9.07. The molecule has 0 heterocycles. The minimum Gasteiger partial charge on any atom is -0.491 e. The molecule has 0 aliphatic rings. The Balaban J connectivity index is 0.000000921. The van der Waals surface area contributed by atoms with Gasteiger partial charge in [0, 0.05) is 18.1 Å². The van der Waals surface area contributed by atoms with Crippen LogP contribution in [0.15, 0.2) is 18.2 Å². The molecule has 0 spiro atoms. The first-order valence-corrected chi connectivity index (χ1v) is 5.40. The Morgan fingerprint density at radius 3 is 2.60 bits per heavy atom. The first-order valence-electron chi connectivity index (χ1n) is 5.02. The summed E-state index contributed by atoms with van der Waals surface area (Å²) in [5.41, 5.74) is 6.15. The highest BCUT2D eigenvalue weighted by Crippen LogP contribution is 2.24. The molecule has 1 rings (SSSR count). The first kappa shape index (κ1) is 14.1. The zero-order chi connectivity index (χ0) is 11.7. The summed E-state index contributed by atoms with van der Waals surface area (Å²) in [4.78, 5) is 0. The lowest BCUT2D eigenvalue weighted by Crippen LogP contribution is -2.01. The highest BCUT2D eigenvalue weighted by atomic mass is 35.5. The maximum absolute atomic E-state index is 8.53. The molecule has 4 heteroatoms. The van der Waals surface area contributed by atoms with E-state index in [2.05, 4.69) is 0 Å². The quantitative estimate of drug-likeness (QED) is 0.619. The molecule has 0 aliphatic heterocycles. The maximum Gasteiger partial charge on any atom is 0.142 e. The largest absolute Gasteiger partial charge is 0.491 e. The predicted molar refractivity (Wildman–Crippen MR) is 64.4 cm³/mol. The summed E-state index contributed by atoms with van der Waals surface area (Å²) in [6.07, 6.45) is 0.599. The Morgan fingerprint density at radius 2 is 2.07 bits per heavy atom. The molecule has 86 valence electrons. The van der Waals surface area contributed by atoms with Crippen molar-refractivity contribution in [1.82, 2.24) is 0 Å². The molecule has 0 amide bonds. The Bertz CT molecular complexity index is 279. The summed E-state index contributed by atoms with van der Waals surface area (Å²) in [7, 11) is 0. The Kier molecular flexibility index (Phi) is 7.86. The molecule has 0 saturated heterocycles. The van der Waals surface area contributed by atoms with Crippen molar-refractivity contribution in [2.75, 3.05) is 18.9 Å². The third kappa shape index (κ3) is 5.50. The van der Waals surface area contributed by atoms with E-state index < -0.39 is 0 Å². The summed E-state index contributed by atoms with van der Waals surface area (Å²) < 4.78 is 5.29. The van der Waals surface area contributed by atoms with Gasteiger partial charge < -0.3 is 15.6 Å². The molecular weight excluding hydrogens is 214 g/mol. The van der Waals surface area contributed by atoms with Gasteiger partial charge in [0.15, 0.2) is 0 Å². The second kappa shape index (κ2) is 8.38. The van der Waals surface area contributed by atoms with Crippen molar-refractivity contribution in [3.8, 4) is 5.75 Å². The van der Waals surface area contributed by atoms with Gasteiger partial charge in [-0.2, -0.15) is 0 Å². The molecule has 0 aliphatic carbocycles. The molecule has 1 aromatic rings. The number of aliphatic hydroxyl groups is 1. The summed E-state index contributed by atoms with van der Waals surface area (Å²) in [6, 6.07) is 5.07. The van der Waals surface area contributed by atoms with E-state index in [-0.39, 0.29) is 6.61 Å². The number of ether oxygens (including phenoxy) is 1. The second-order valence-corrected chi connectivity index (χ2v) is 3.04. The van der Waals surface area contributed by atoms with Crippen LogP contribution in [0.2, 0.25) is 5.02 Å². The van der Waals surface area contributed by atoms with Crippen molar-refractivity contribution in [3.63, 3.8) is 0 Å². The average molecular weight is 232 g/mol. The minimum absolute atomic E-state index is 0.119. The molecule has 3 nitrogen and oxygen atoms in total. The van der Waals surface area contributed by atoms with E-state index in [1.807, 2.05) is 13.8 Å². The Hall–Kier alpha value is -0.930. The maximum atomic E-state index is 8.53. The fourth-order valence-electron chi connectivity index (χ4n) is 0.897. The Labute approximate surface area is 95.8 Å². The number of hydrogen-bond donors (Lipinski definition) is 2. The number of hydrogen-bond acceptors (Lipinski definition) is 3. The minimum atomic E-state index is 0.119. The van der Waals surface area contributed by atoms with Gasteiger partial charge in [-0.3, -0.25) is 0 Å². The van der Waals surface area contributed by atoms with Crippen molar-refractivity contribution in [2.45, 2.75) is 20.3 Å².